The van der Waals surface area contributed by atoms with Crippen molar-refractivity contribution < 1.29 is 4.79 Å². The Bertz CT molecular complexity index is 337. The molecule has 5 heteroatoms. The Morgan fingerprint density at radius 2 is 2.40 bits per heavy atom. The van der Waals surface area contributed by atoms with Gasteiger partial charge in [-0.1, -0.05) is 11.6 Å². The summed E-state index contributed by atoms with van der Waals surface area (Å²) in [5.41, 5.74) is 1.54. The molecule has 0 aliphatic heterocycles. The van der Waals surface area contributed by atoms with Crippen LogP contribution in [0.2, 0.25) is 5.15 Å². The van der Waals surface area contributed by atoms with E-state index in [2.05, 4.69) is 10.3 Å². The number of carbonyl (C=O) groups excluding carboxylic acids is 1. The zero-order chi connectivity index (χ0) is 11.3. The van der Waals surface area contributed by atoms with Crippen molar-refractivity contribution in [3.05, 3.63) is 23.0 Å². The van der Waals surface area contributed by atoms with Crippen molar-refractivity contribution in [2.75, 3.05) is 17.3 Å². The first-order valence-electron chi connectivity index (χ1n) is 4.55. The maximum atomic E-state index is 11.5. The van der Waals surface area contributed by atoms with Crippen LogP contribution in [0.3, 0.4) is 0 Å². The van der Waals surface area contributed by atoms with Crippen LogP contribution in [0.5, 0.6) is 0 Å². The molecule has 0 radical (unpaired) electrons. The van der Waals surface area contributed by atoms with E-state index in [9.17, 15) is 4.79 Å². The van der Waals surface area contributed by atoms with Gasteiger partial charge in [0.05, 0.1) is 5.69 Å². The van der Waals surface area contributed by atoms with Gasteiger partial charge in [-0.25, -0.2) is 4.98 Å². The molecule has 1 rings (SSSR count). The first kappa shape index (κ1) is 12.3. The van der Waals surface area contributed by atoms with Gasteiger partial charge < -0.3 is 5.32 Å². The van der Waals surface area contributed by atoms with Crippen molar-refractivity contribution in [3.8, 4) is 0 Å². The standard InChI is InChI=1S/C10H13ClN2OS/c1-7-3-5-12-10(11)9(7)13-8(14)4-6-15-2/h3,5H,4,6H2,1-2H3,(H,13,14). The molecule has 1 aromatic rings. The highest BCUT2D eigenvalue weighted by Gasteiger charge is 2.08. The van der Waals surface area contributed by atoms with E-state index in [1.54, 1.807) is 18.0 Å². The highest BCUT2D eigenvalue weighted by molar-refractivity contribution is 7.98. The van der Waals surface area contributed by atoms with Crippen LogP contribution in [0.25, 0.3) is 0 Å². The van der Waals surface area contributed by atoms with Crippen LogP contribution >= 0.6 is 23.4 Å². The fourth-order valence-corrected chi connectivity index (χ4v) is 1.71. The van der Waals surface area contributed by atoms with Gasteiger partial charge in [0.25, 0.3) is 0 Å². The zero-order valence-corrected chi connectivity index (χ0v) is 10.3. The first-order chi connectivity index (χ1) is 7.15. The lowest BCUT2D eigenvalue weighted by Crippen LogP contribution is -2.13. The van der Waals surface area contributed by atoms with Crippen molar-refractivity contribution >= 4 is 35.0 Å². The minimum absolute atomic E-state index is 0.0256. The van der Waals surface area contributed by atoms with Crippen LogP contribution in [-0.2, 0) is 4.79 Å². The van der Waals surface area contributed by atoms with E-state index >= 15 is 0 Å². The molecule has 0 saturated carbocycles. The van der Waals surface area contributed by atoms with Gasteiger partial charge in [0.2, 0.25) is 5.91 Å². The van der Waals surface area contributed by atoms with Crippen LogP contribution in [0.1, 0.15) is 12.0 Å². The Labute approximate surface area is 98.6 Å². The normalized spacial score (nSPS) is 10.1. The summed E-state index contributed by atoms with van der Waals surface area (Å²) in [5, 5.41) is 3.11. The number of aryl methyl sites for hydroxylation is 1. The SMILES string of the molecule is CSCCC(=O)Nc1c(C)ccnc1Cl. The van der Waals surface area contributed by atoms with Gasteiger partial charge in [0, 0.05) is 18.4 Å². The number of hydrogen-bond donors (Lipinski definition) is 1. The third-order valence-corrected chi connectivity index (χ3v) is 2.81. The van der Waals surface area contributed by atoms with Gasteiger partial charge in [0.15, 0.2) is 5.15 Å². The molecule has 0 saturated heterocycles. The van der Waals surface area contributed by atoms with Crippen LogP contribution in [0.4, 0.5) is 5.69 Å². The summed E-state index contributed by atoms with van der Waals surface area (Å²) in [6.07, 6.45) is 4.08. The van der Waals surface area contributed by atoms with Crippen molar-refractivity contribution in [2.24, 2.45) is 0 Å². The highest BCUT2D eigenvalue weighted by atomic mass is 35.5. The quantitative estimate of drug-likeness (QED) is 0.829. The predicted molar refractivity (Wildman–Crippen MR) is 65.6 cm³/mol. The number of nitrogens with zero attached hydrogens (tertiary/aromatic N) is 1. The third-order valence-electron chi connectivity index (χ3n) is 1.91. The molecule has 1 amide bonds. The Balaban J connectivity index is 2.68. The summed E-state index contributed by atoms with van der Waals surface area (Å²) in [6.45, 7) is 1.89. The molecular formula is C10H13ClN2OS. The molecule has 0 bridgehead atoms. The van der Waals surface area contributed by atoms with E-state index in [4.69, 9.17) is 11.6 Å². The highest BCUT2D eigenvalue weighted by Crippen LogP contribution is 2.22. The number of anilines is 1. The van der Waals surface area contributed by atoms with E-state index in [0.29, 0.717) is 17.3 Å². The maximum Gasteiger partial charge on any atom is 0.225 e. The predicted octanol–water partition coefficient (Wildman–Crippen LogP) is 2.74. The summed E-state index contributed by atoms with van der Waals surface area (Å²) >= 11 is 7.52. The molecule has 0 atom stereocenters. The number of nitrogens with one attached hydrogen (secondary N) is 1. The Morgan fingerprint density at radius 3 is 3.00 bits per heavy atom. The topological polar surface area (TPSA) is 42.0 Å². The molecule has 1 aromatic heterocycles. The van der Waals surface area contributed by atoms with Gasteiger partial charge in [-0.2, -0.15) is 11.8 Å². The number of hydrogen-bond acceptors (Lipinski definition) is 3. The molecule has 0 aliphatic rings. The number of rotatable bonds is 4. The lowest BCUT2D eigenvalue weighted by Gasteiger charge is -2.08. The van der Waals surface area contributed by atoms with Gasteiger partial charge in [-0.3, -0.25) is 4.79 Å². The Morgan fingerprint density at radius 1 is 1.67 bits per heavy atom. The van der Waals surface area contributed by atoms with Crippen LogP contribution in [0, 0.1) is 6.92 Å². The summed E-state index contributed by atoms with van der Waals surface area (Å²) in [4.78, 5) is 15.4. The molecule has 82 valence electrons. The van der Waals surface area contributed by atoms with E-state index in [1.165, 1.54) is 0 Å². The molecule has 0 spiro atoms. The second-order valence-corrected chi connectivity index (χ2v) is 4.43. The minimum Gasteiger partial charge on any atom is -0.323 e. The summed E-state index contributed by atoms with van der Waals surface area (Å²) in [7, 11) is 0. The van der Waals surface area contributed by atoms with E-state index in [-0.39, 0.29) is 5.91 Å². The van der Waals surface area contributed by atoms with Gasteiger partial charge in [-0.05, 0) is 24.8 Å². The third kappa shape index (κ3) is 3.72. The molecule has 0 aliphatic carbocycles. The molecule has 15 heavy (non-hydrogen) atoms. The summed E-state index contributed by atoms with van der Waals surface area (Å²) in [6, 6.07) is 1.82. The smallest absolute Gasteiger partial charge is 0.225 e. The summed E-state index contributed by atoms with van der Waals surface area (Å²) < 4.78 is 0. The molecule has 1 N–H and O–H groups in total. The summed E-state index contributed by atoms with van der Waals surface area (Å²) in [5.74, 6) is 0.783. The van der Waals surface area contributed by atoms with Crippen LogP contribution < -0.4 is 5.32 Å². The van der Waals surface area contributed by atoms with Crippen LogP contribution in [-0.4, -0.2) is 22.9 Å². The van der Waals surface area contributed by atoms with E-state index in [0.717, 1.165) is 11.3 Å². The Hall–Kier alpha value is -0.740. The fraction of sp³-hybridized carbons (Fsp3) is 0.400. The molecular weight excluding hydrogens is 232 g/mol. The van der Waals surface area contributed by atoms with Crippen molar-refractivity contribution in [2.45, 2.75) is 13.3 Å². The van der Waals surface area contributed by atoms with Crippen molar-refractivity contribution in [3.63, 3.8) is 0 Å². The van der Waals surface area contributed by atoms with Crippen molar-refractivity contribution in [1.29, 1.82) is 0 Å². The zero-order valence-electron chi connectivity index (χ0n) is 8.71. The minimum atomic E-state index is -0.0256. The lowest BCUT2D eigenvalue weighted by atomic mass is 10.2. The number of thioether (sulfide) groups is 1. The molecule has 0 unspecified atom stereocenters. The Kier molecular flexibility index (Phi) is 4.91. The first-order valence-corrected chi connectivity index (χ1v) is 6.32. The van der Waals surface area contributed by atoms with Gasteiger partial charge >= 0.3 is 0 Å². The average molecular weight is 245 g/mol. The molecule has 1 heterocycles. The number of amides is 1. The number of aromatic nitrogens is 1. The number of carbonyl (C=O) groups is 1. The molecule has 0 fully saturated rings. The van der Waals surface area contributed by atoms with E-state index in [1.807, 2.05) is 19.2 Å². The second kappa shape index (κ2) is 5.98. The number of pyridine rings is 1. The fourth-order valence-electron chi connectivity index (χ4n) is 1.07. The van der Waals surface area contributed by atoms with E-state index < -0.39 is 0 Å². The van der Waals surface area contributed by atoms with Crippen molar-refractivity contribution in [1.82, 2.24) is 4.98 Å². The van der Waals surface area contributed by atoms with Gasteiger partial charge in [0.1, 0.15) is 0 Å². The molecule has 0 aromatic carbocycles. The second-order valence-electron chi connectivity index (χ2n) is 3.08. The monoisotopic (exact) mass is 244 g/mol. The number of halogens is 1. The molecule has 3 nitrogen and oxygen atoms in total. The maximum absolute atomic E-state index is 11.5. The van der Waals surface area contributed by atoms with Gasteiger partial charge in [-0.15, -0.1) is 0 Å². The van der Waals surface area contributed by atoms with Crippen LogP contribution in [0.15, 0.2) is 12.3 Å². The average Bonchev–Trinajstić information content (AvgIpc) is 2.21. The largest absolute Gasteiger partial charge is 0.323 e. The lowest BCUT2D eigenvalue weighted by molar-refractivity contribution is -0.115.